The van der Waals surface area contributed by atoms with E-state index in [1.54, 1.807) is 0 Å². The maximum atomic E-state index is 12.6. The standard InChI is InChI=1S/C26H41N5O16/c1-6-16(36)18(15(24(42)43-6)31-10(5)35)44-26-14(30-9(4)34)13(29-8(3)33)19(21(47-26)23(40)41)45-25-12(28-7(2)32)11(27)17(37)20(46-25)22(38)39/h6,11-21,24-26,36-37,42H,27H2,1-5H3,(H,28,32)(H,29,33)(H,30,34)(H,31,35)(H,38,39)(H,40,41)/t6-,11-,12+,13-,14+,15-,16+,17+,18-,19+,20+,21+,24-,25-,26-/m1/s1. The number of aliphatic hydroxyl groups is 3. The fraction of sp³-hybridized carbons (Fsp3) is 0.769. The Labute approximate surface area is 267 Å². The number of carbonyl (C=O) groups is 6. The van der Waals surface area contributed by atoms with E-state index in [1.165, 1.54) is 6.92 Å². The number of ether oxygens (including phenoxy) is 5. The number of amides is 4. The zero-order chi connectivity index (χ0) is 35.5. The third-order valence-corrected chi connectivity index (χ3v) is 7.69. The van der Waals surface area contributed by atoms with Crippen LogP contribution in [0.15, 0.2) is 0 Å². The van der Waals surface area contributed by atoms with Gasteiger partial charge in [0, 0.05) is 27.7 Å². The summed E-state index contributed by atoms with van der Waals surface area (Å²) in [5, 5.41) is 61.4. The zero-order valence-corrected chi connectivity index (χ0v) is 26.0. The molecule has 3 aliphatic heterocycles. The molecule has 0 bridgehead atoms. The first-order valence-electron chi connectivity index (χ1n) is 14.4. The Morgan fingerprint density at radius 3 is 1.53 bits per heavy atom. The van der Waals surface area contributed by atoms with E-state index in [2.05, 4.69) is 21.3 Å². The molecule has 0 spiro atoms. The molecule has 3 saturated heterocycles. The van der Waals surface area contributed by atoms with Gasteiger partial charge in [-0.05, 0) is 6.92 Å². The van der Waals surface area contributed by atoms with Gasteiger partial charge in [-0.1, -0.05) is 0 Å². The summed E-state index contributed by atoms with van der Waals surface area (Å²) in [7, 11) is 0. The summed E-state index contributed by atoms with van der Waals surface area (Å²) >= 11 is 0. The van der Waals surface area contributed by atoms with Gasteiger partial charge >= 0.3 is 11.9 Å². The predicted molar refractivity (Wildman–Crippen MR) is 149 cm³/mol. The van der Waals surface area contributed by atoms with Gasteiger partial charge in [-0.3, -0.25) is 19.2 Å². The minimum absolute atomic E-state index is 0.659. The van der Waals surface area contributed by atoms with Gasteiger partial charge in [-0.15, -0.1) is 0 Å². The molecule has 21 heteroatoms. The van der Waals surface area contributed by atoms with Crippen LogP contribution in [0.1, 0.15) is 34.6 Å². The number of nitrogens with one attached hydrogen (secondary N) is 4. The number of rotatable bonds is 10. The molecular formula is C26H41N5O16. The molecule has 3 heterocycles. The van der Waals surface area contributed by atoms with Gasteiger partial charge in [0.15, 0.2) is 31.1 Å². The lowest BCUT2D eigenvalue weighted by atomic mass is 9.91. The van der Waals surface area contributed by atoms with Crippen LogP contribution in [0.25, 0.3) is 0 Å². The van der Waals surface area contributed by atoms with Crippen LogP contribution in [0, 0.1) is 0 Å². The monoisotopic (exact) mass is 679 g/mol. The van der Waals surface area contributed by atoms with Crippen molar-refractivity contribution in [2.75, 3.05) is 0 Å². The Hall–Kier alpha value is -3.54. The van der Waals surface area contributed by atoms with Crippen molar-refractivity contribution in [3.05, 3.63) is 0 Å². The van der Waals surface area contributed by atoms with E-state index in [1.807, 2.05) is 0 Å². The summed E-state index contributed by atoms with van der Waals surface area (Å²) in [4.78, 5) is 73.2. The molecule has 3 rings (SSSR count). The van der Waals surface area contributed by atoms with E-state index >= 15 is 0 Å². The Kier molecular flexibility index (Phi) is 12.6. The van der Waals surface area contributed by atoms with E-state index in [-0.39, 0.29) is 0 Å². The van der Waals surface area contributed by atoms with Crippen molar-refractivity contribution in [3.63, 3.8) is 0 Å². The van der Waals surface area contributed by atoms with Crippen LogP contribution in [0.5, 0.6) is 0 Å². The third kappa shape index (κ3) is 8.88. The number of carboxylic acids is 2. The maximum Gasteiger partial charge on any atom is 0.335 e. The lowest BCUT2D eigenvalue weighted by molar-refractivity contribution is -0.325. The molecule has 0 aromatic rings. The highest BCUT2D eigenvalue weighted by atomic mass is 16.7. The SMILES string of the molecule is CC(=O)N[C@@H]1[C@H](O[C@H]2[C@H](NC(C)=O)[C@H](NC(C)=O)[C@H](O[C@H]3[C@@H](O)[C@@H](C)O[C@@H](O)[C@@H]3NC(C)=O)O[C@@H]2C(=O)O)O[C@H](C(=O)O)[C@@H](O)[C@@H]1N. The lowest BCUT2D eigenvalue weighted by Crippen LogP contribution is -2.74. The van der Waals surface area contributed by atoms with Crippen LogP contribution in [-0.4, -0.2) is 153 Å². The van der Waals surface area contributed by atoms with Crippen LogP contribution in [-0.2, 0) is 52.5 Å². The molecular weight excluding hydrogens is 638 g/mol. The van der Waals surface area contributed by atoms with Gasteiger partial charge in [0.2, 0.25) is 23.6 Å². The first kappa shape index (κ1) is 37.9. The lowest BCUT2D eigenvalue weighted by Gasteiger charge is -2.50. The van der Waals surface area contributed by atoms with Crippen molar-refractivity contribution in [1.29, 1.82) is 0 Å². The largest absolute Gasteiger partial charge is 0.479 e. The number of aliphatic carboxylic acids is 2. The van der Waals surface area contributed by atoms with Gasteiger partial charge in [0.25, 0.3) is 0 Å². The normalized spacial score (nSPS) is 40.4. The van der Waals surface area contributed by atoms with Gasteiger partial charge in [0.1, 0.15) is 36.5 Å². The highest BCUT2D eigenvalue weighted by Gasteiger charge is 2.56. The fourth-order valence-electron chi connectivity index (χ4n) is 5.65. The Morgan fingerprint density at radius 2 is 1.02 bits per heavy atom. The van der Waals surface area contributed by atoms with E-state index in [0.717, 1.165) is 27.7 Å². The van der Waals surface area contributed by atoms with E-state index in [9.17, 15) is 54.3 Å². The molecule has 3 fully saturated rings. The van der Waals surface area contributed by atoms with Crippen molar-refractivity contribution >= 4 is 35.6 Å². The second-order valence-electron chi connectivity index (χ2n) is 11.4. The van der Waals surface area contributed by atoms with Crippen molar-refractivity contribution in [2.45, 2.75) is 126 Å². The summed E-state index contributed by atoms with van der Waals surface area (Å²) in [5.41, 5.74) is 6.04. The zero-order valence-electron chi connectivity index (χ0n) is 26.0. The number of carboxylic acid groups (broad SMARTS) is 2. The Balaban J connectivity index is 2.09. The average molecular weight is 680 g/mol. The molecule has 15 atom stereocenters. The first-order chi connectivity index (χ1) is 21.8. The molecule has 4 amide bonds. The molecule has 0 unspecified atom stereocenters. The predicted octanol–water partition coefficient (Wildman–Crippen LogP) is -5.82. The molecule has 0 aliphatic carbocycles. The number of carbonyl (C=O) groups excluding carboxylic acids is 4. The third-order valence-electron chi connectivity index (χ3n) is 7.69. The Morgan fingerprint density at radius 1 is 0.596 bits per heavy atom. The topological polar surface area (TPSA) is 324 Å². The molecule has 0 aromatic heterocycles. The highest BCUT2D eigenvalue weighted by Crippen LogP contribution is 2.32. The smallest absolute Gasteiger partial charge is 0.335 e. The molecule has 11 N–H and O–H groups in total. The maximum absolute atomic E-state index is 12.6. The van der Waals surface area contributed by atoms with Gasteiger partial charge in [-0.2, -0.15) is 0 Å². The molecule has 0 radical (unpaired) electrons. The summed E-state index contributed by atoms with van der Waals surface area (Å²) in [6.07, 6.45) is -17.4. The summed E-state index contributed by atoms with van der Waals surface area (Å²) in [6.45, 7) is 5.70. The minimum Gasteiger partial charge on any atom is -0.479 e. The fourth-order valence-corrected chi connectivity index (χ4v) is 5.65. The van der Waals surface area contributed by atoms with Gasteiger partial charge in [0.05, 0.1) is 24.2 Å². The van der Waals surface area contributed by atoms with Crippen molar-refractivity contribution < 1.29 is 78.0 Å². The summed E-state index contributed by atoms with van der Waals surface area (Å²) in [6, 6.07) is -7.51. The minimum atomic E-state index is -2.10. The van der Waals surface area contributed by atoms with E-state index in [0.29, 0.717) is 0 Å². The summed E-state index contributed by atoms with van der Waals surface area (Å²) in [5.74, 6) is -6.26. The summed E-state index contributed by atoms with van der Waals surface area (Å²) < 4.78 is 28.3. The van der Waals surface area contributed by atoms with E-state index < -0.39 is 127 Å². The number of hydrogen-bond donors (Lipinski definition) is 10. The number of aliphatic hydroxyl groups excluding tert-OH is 3. The van der Waals surface area contributed by atoms with Gasteiger partial charge in [-0.25, -0.2) is 9.59 Å². The molecule has 3 aliphatic rings. The van der Waals surface area contributed by atoms with Crippen LogP contribution in [0.3, 0.4) is 0 Å². The number of nitrogens with two attached hydrogens (primary N) is 1. The van der Waals surface area contributed by atoms with Crippen LogP contribution >= 0.6 is 0 Å². The molecule has 266 valence electrons. The van der Waals surface area contributed by atoms with Crippen LogP contribution in [0.4, 0.5) is 0 Å². The first-order valence-corrected chi connectivity index (χ1v) is 14.4. The van der Waals surface area contributed by atoms with Crippen molar-refractivity contribution in [2.24, 2.45) is 5.73 Å². The molecule has 0 saturated carbocycles. The number of hydrogen-bond acceptors (Lipinski definition) is 15. The molecule has 21 nitrogen and oxygen atoms in total. The van der Waals surface area contributed by atoms with Crippen molar-refractivity contribution in [1.82, 2.24) is 21.3 Å². The quantitative estimate of drug-likeness (QED) is 0.103. The van der Waals surface area contributed by atoms with Crippen LogP contribution in [0.2, 0.25) is 0 Å². The average Bonchev–Trinajstić information content (AvgIpc) is 2.94. The second kappa shape index (κ2) is 15.6. The van der Waals surface area contributed by atoms with Gasteiger partial charge < -0.3 is 76.2 Å². The van der Waals surface area contributed by atoms with Crippen molar-refractivity contribution in [3.8, 4) is 0 Å². The second-order valence-corrected chi connectivity index (χ2v) is 11.4. The van der Waals surface area contributed by atoms with E-state index in [4.69, 9.17) is 29.4 Å². The Bertz CT molecular complexity index is 1210. The highest BCUT2D eigenvalue weighted by molar-refractivity contribution is 5.77. The van der Waals surface area contributed by atoms with Crippen LogP contribution < -0.4 is 27.0 Å². The molecule has 47 heavy (non-hydrogen) atoms. The molecule has 0 aromatic carbocycles.